The molecule has 1 fully saturated rings. The highest BCUT2D eigenvalue weighted by Gasteiger charge is 2.10. The lowest BCUT2D eigenvalue weighted by atomic mass is 10.1. The van der Waals surface area contributed by atoms with Gasteiger partial charge in [0.2, 0.25) is 0 Å². The van der Waals surface area contributed by atoms with E-state index in [2.05, 4.69) is 39.5 Å². The number of hydrogen-bond donors (Lipinski definition) is 2. The first kappa shape index (κ1) is 21.9. The Morgan fingerprint density at radius 1 is 1.03 bits per heavy atom. The molecule has 162 valence electrons. The summed E-state index contributed by atoms with van der Waals surface area (Å²) in [4.78, 5) is 6.88. The molecule has 0 spiro atoms. The quantitative estimate of drug-likeness (QED) is 0.486. The summed E-state index contributed by atoms with van der Waals surface area (Å²) in [5, 5.41) is 3.13. The minimum Gasteiger partial charge on any atom is -0.494 e. The maximum Gasteiger partial charge on any atom is 0.193 e. The van der Waals surface area contributed by atoms with Gasteiger partial charge >= 0.3 is 0 Å². The molecule has 30 heavy (non-hydrogen) atoms. The van der Waals surface area contributed by atoms with Gasteiger partial charge in [0.15, 0.2) is 5.96 Å². The first-order valence-corrected chi connectivity index (χ1v) is 10.5. The Morgan fingerprint density at radius 3 is 2.43 bits per heavy atom. The zero-order chi connectivity index (χ0) is 21.2. The van der Waals surface area contributed by atoms with Crippen molar-refractivity contribution in [3.63, 3.8) is 0 Å². The molecule has 0 amide bonds. The van der Waals surface area contributed by atoms with Crippen molar-refractivity contribution >= 4 is 11.6 Å². The highest BCUT2D eigenvalue weighted by atomic mass is 16.5. The van der Waals surface area contributed by atoms with Gasteiger partial charge in [-0.1, -0.05) is 24.3 Å². The number of anilines is 1. The molecule has 0 atom stereocenters. The normalized spacial score (nSPS) is 15.1. The molecule has 7 nitrogen and oxygen atoms in total. The van der Waals surface area contributed by atoms with Crippen LogP contribution in [0, 0.1) is 0 Å². The average molecular weight is 413 g/mol. The van der Waals surface area contributed by atoms with E-state index in [1.54, 1.807) is 0 Å². The van der Waals surface area contributed by atoms with Crippen molar-refractivity contribution in [1.82, 2.24) is 4.90 Å². The van der Waals surface area contributed by atoms with Crippen LogP contribution in [0.15, 0.2) is 47.5 Å². The lowest BCUT2D eigenvalue weighted by Crippen LogP contribution is -2.35. The minimum absolute atomic E-state index is 0.335. The van der Waals surface area contributed by atoms with Crippen molar-refractivity contribution in [2.45, 2.75) is 26.9 Å². The lowest BCUT2D eigenvalue weighted by Gasteiger charge is -2.26. The van der Waals surface area contributed by atoms with E-state index in [0.29, 0.717) is 31.5 Å². The second-order valence-electron chi connectivity index (χ2n) is 7.06. The second kappa shape index (κ2) is 11.4. The first-order valence-electron chi connectivity index (χ1n) is 10.5. The van der Waals surface area contributed by atoms with Gasteiger partial charge in [0.25, 0.3) is 0 Å². The van der Waals surface area contributed by atoms with Gasteiger partial charge in [-0.3, -0.25) is 4.90 Å². The number of nitrogens with two attached hydrogens (primary N) is 1. The number of guanidine groups is 1. The summed E-state index contributed by atoms with van der Waals surface area (Å²) >= 11 is 0. The Balaban J connectivity index is 1.58. The number of nitrogens with zero attached hydrogens (tertiary/aromatic N) is 2. The van der Waals surface area contributed by atoms with Crippen LogP contribution < -0.4 is 20.5 Å². The molecule has 0 saturated carbocycles. The molecule has 0 aliphatic carbocycles. The van der Waals surface area contributed by atoms with E-state index >= 15 is 0 Å². The highest BCUT2D eigenvalue weighted by molar-refractivity contribution is 5.94. The molecule has 3 N–H and O–H groups in total. The SMILES string of the molecule is CCOc1ccc(OCC)c(NC(N)=NCc2ccc(CN3CCOCC3)cc2)c1. The van der Waals surface area contributed by atoms with Crippen molar-refractivity contribution in [2.75, 3.05) is 44.8 Å². The third-order valence-electron chi connectivity index (χ3n) is 4.79. The highest BCUT2D eigenvalue weighted by Crippen LogP contribution is 2.29. The van der Waals surface area contributed by atoms with Crippen LogP contribution in [0.2, 0.25) is 0 Å². The van der Waals surface area contributed by atoms with Gasteiger partial charge in [0.1, 0.15) is 11.5 Å². The lowest BCUT2D eigenvalue weighted by molar-refractivity contribution is 0.0342. The van der Waals surface area contributed by atoms with E-state index in [9.17, 15) is 0 Å². The van der Waals surface area contributed by atoms with Crippen LogP contribution in [0.4, 0.5) is 5.69 Å². The molecular formula is C23H32N4O3. The van der Waals surface area contributed by atoms with Gasteiger partial charge in [-0.15, -0.1) is 0 Å². The number of ether oxygens (including phenoxy) is 3. The third-order valence-corrected chi connectivity index (χ3v) is 4.79. The first-order chi connectivity index (χ1) is 14.7. The van der Waals surface area contributed by atoms with Crippen molar-refractivity contribution in [2.24, 2.45) is 10.7 Å². The van der Waals surface area contributed by atoms with Gasteiger partial charge in [-0.25, -0.2) is 4.99 Å². The predicted molar refractivity (Wildman–Crippen MR) is 120 cm³/mol. The minimum atomic E-state index is 0.335. The van der Waals surface area contributed by atoms with Gasteiger partial charge in [-0.05, 0) is 37.1 Å². The number of benzene rings is 2. The average Bonchev–Trinajstić information content (AvgIpc) is 2.76. The van der Waals surface area contributed by atoms with Crippen molar-refractivity contribution < 1.29 is 14.2 Å². The van der Waals surface area contributed by atoms with Crippen LogP contribution in [0.25, 0.3) is 0 Å². The zero-order valence-electron chi connectivity index (χ0n) is 17.9. The monoisotopic (exact) mass is 412 g/mol. The maximum atomic E-state index is 6.12. The third kappa shape index (κ3) is 6.64. The van der Waals surface area contributed by atoms with Crippen LogP contribution in [0.3, 0.4) is 0 Å². The molecule has 2 aromatic rings. The molecule has 1 aliphatic rings. The Bertz CT molecular complexity index is 818. The maximum absolute atomic E-state index is 6.12. The topological polar surface area (TPSA) is 81.3 Å². The number of nitrogens with one attached hydrogen (secondary N) is 1. The van der Waals surface area contributed by atoms with E-state index < -0.39 is 0 Å². The molecule has 3 rings (SSSR count). The Hall–Kier alpha value is -2.77. The molecule has 0 aromatic heterocycles. The summed E-state index contributed by atoms with van der Waals surface area (Å²) in [7, 11) is 0. The van der Waals surface area contributed by atoms with Crippen LogP contribution in [-0.2, 0) is 17.8 Å². The van der Waals surface area contributed by atoms with Gasteiger partial charge < -0.3 is 25.3 Å². The van der Waals surface area contributed by atoms with Crippen molar-refractivity contribution in [1.29, 1.82) is 0 Å². The summed E-state index contributed by atoms with van der Waals surface area (Å²) in [6, 6.07) is 14.1. The number of aliphatic imine (C=N–C) groups is 1. The summed E-state index contributed by atoms with van der Waals surface area (Å²) in [5.74, 6) is 1.81. The van der Waals surface area contributed by atoms with E-state index in [-0.39, 0.29) is 0 Å². The molecule has 0 bridgehead atoms. The summed E-state index contributed by atoms with van der Waals surface area (Å²) in [5.41, 5.74) is 9.27. The fraction of sp³-hybridized carbons (Fsp3) is 0.435. The van der Waals surface area contributed by atoms with Crippen LogP contribution in [-0.4, -0.2) is 50.4 Å². The molecule has 0 unspecified atom stereocenters. The fourth-order valence-corrected chi connectivity index (χ4v) is 3.27. The van der Waals surface area contributed by atoms with Crippen molar-refractivity contribution in [3.05, 3.63) is 53.6 Å². The van der Waals surface area contributed by atoms with E-state index in [0.717, 1.165) is 49.8 Å². The molecule has 1 saturated heterocycles. The van der Waals surface area contributed by atoms with Crippen LogP contribution in [0.5, 0.6) is 11.5 Å². The molecule has 0 radical (unpaired) electrons. The Kier molecular flexibility index (Phi) is 8.35. The van der Waals surface area contributed by atoms with E-state index in [1.165, 1.54) is 5.56 Å². The second-order valence-corrected chi connectivity index (χ2v) is 7.06. The molecule has 1 heterocycles. The van der Waals surface area contributed by atoms with Crippen LogP contribution in [0.1, 0.15) is 25.0 Å². The summed E-state index contributed by atoms with van der Waals surface area (Å²) in [6.45, 7) is 10.1. The fourth-order valence-electron chi connectivity index (χ4n) is 3.27. The standard InChI is InChI=1S/C23H32N4O3/c1-3-29-20-9-10-22(30-4-2)21(15-20)26-23(24)25-16-18-5-7-19(8-6-18)17-27-11-13-28-14-12-27/h5-10,15H,3-4,11-14,16-17H2,1-2H3,(H3,24,25,26). The number of morpholine rings is 1. The number of rotatable bonds is 9. The van der Waals surface area contributed by atoms with Gasteiger partial charge in [0.05, 0.1) is 38.7 Å². The molecular weight excluding hydrogens is 380 g/mol. The smallest absolute Gasteiger partial charge is 0.193 e. The predicted octanol–water partition coefficient (Wildman–Crippen LogP) is 3.24. The Labute approximate surface area is 178 Å². The van der Waals surface area contributed by atoms with Gasteiger partial charge in [0, 0.05) is 25.7 Å². The zero-order valence-corrected chi connectivity index (χ0v) is 17.9. The van der Waals surface area contributed by atoms with E-state index in [1.807, 2.05) is 32.0 Å². The van der Waals surface area contributed by atoms with Crippen molar-refractivity contribution in [3.8, 4) is 11.5 Å². The summed E-state index contributed by atoms with van der Waals surface area (Å²) < 4.78 is 16.6. The van der Waals surface area contributed by atoms with Crippen LogP contribution >= 0.6 is 0 Å². The molecule has 7 heteroatoms. The number of hydrogen-bond acceptors (Lipinski definition) is 5. The van der Waals surface area contributed by atoms with E-state index in [4.69, 9.17) is 19.9 Å². The Morgan fingerprint density at radius 2 is 1.73 bits per heavy atom. The molecule has 1 aliphatic heterocycles. The molecule has 2 aromatic carbocycles. The largest absolute Gasteiger partial charge is 0.494 e. The van der Waals surface area contributed by atoms with Gasteiger partial charge in [-0.2, -0.15) is 0 Å². The summed E-state index contributed by atoms with van der Waals surface area (Å²) in [6.07, 6.45) is 0.